The van der Waals surface area contributed by atoms with Gasteiger partial charge in [-0.25, -0.2) is 0 Å². The third kappa shape index (κ3) is 6.24. The second-order valence-electron chi connectivity index (χ2n) is 7.64. The molecule has 0 spiro atoms. The number of aromatic nitrogens is 2. The molecule has 6 heteroatoms. The summed E-state index contributed by atoms with van der Waals surface area (Å²) < 4.78 is 5.18. The van der Waals surface area contributed by atoms with Gasteiger partial charge in [-0.15, -0.1) is 0 Å². The molecule has 0 aliphatic carbocycles. The van der Waals surface area contributed by atoms with Gasteiger partial charge in [0, 0.05) is 0 Å². The molecular formula is C16H29I2N4-. The third-order valence-corrected chi connectivity index (χ3v) is 6.74. The summed E-state index contributed by atoms with van der Waals surface area (Å²) in [6.07, 6.45) is 4.25. The molecule has 1 aliphatic rings. The second-order valence-corrected chi connectivity index (χ2v) is 13.1. The first-order valence-electron chi connectivity index (χ1n) is 7.91. The molecule has 128 valence electrons. The summed E-state index contributed by atoms with van der Waals surface area (Å²) in [5.74, 6) is 0. The molecule has 2 heterocycles. The molecule has 1 fully saturated rings. The number of hydrogen-bond acceptors (Lipinski definition) is 3. The normalized spacial score (nSPS) is 19.0. The van der Waals surface area contributed by atoms with Crippen molar-refractivity contribution in [3.8, 4) is 0 Å². The molecule has 0 bridgehead atoms. The van der Waals surface area contributed by atoms with Crippen LogP contribution in [0.25, 0.3) is 0 Å². The minimum atomic E-state index is 0.00590. The number of hydrogen-bond donors (Lipinski definition) is 0. The Bertz CT molecular complexity index is 465. The van der Waals surface area contributed by atoms with Gasteiger partial charge in [-0.05, 0) is 0 Å². The van der Waals surface area contributed by atoms with Crippen molar-refractivity contribution in [3.05, 3.63) is 16.2 Å². The number of piperazine rings is 1. The van der Waals surface area contributed by atoms with Gasteiger partial charge in [0.25, 0.3) is 0 Å². The zero-order valence-electron chi connectivity index (χ0n) is 14.4. The molecule has 1 aromatic rings. The van der Waals surface area contributed by atoms with Crippen molar-refractivity contribution in [2.45, 2.75) is 43.6 Å². The Morgan fingerprint density at radius 1 is 1.09 bits per heavy atom. The number of halogens is 2. The van der Waals surface area contributed by atoms with Crippen molar-refractivity contribution in [1.29, 1.82) is 0 Å². The Labute approximate surface area is 159 Å². The summed E-state index contributed by atoms with van der Waals surface area (Å²) in [6.45, 7) is 17.4. The average molecular weight is 531 g/mol. The monoisotopic (exact) mass is 531 g/mol. The van der Waals surface area contributed by atoms with Gasteiger partial charge in [-0.1, -0.05) is 0 Å². The van der Waals surface area contributed by atoms with Crippen molar-refractivity contribution >= 4 is 22.6 Å². The van der Waals surface area contributed by atoms with E-state index in [-0.39, 0.29) is 26.7 Å². The van der Waals surface area contributed by atoms with Gasteiger partial charge in [-0.3, -0.25) is 0 Å². The molecule has 1 saturated heterocycles. The zero-order chi connectivity index (χ0) is 16.4. The van der Waals surface area contributed by atoms with E-state index >= 15 is 0 Å². The average Bonchev–Trinajstić information content (AvgIpc) is 2.85. The van der Waals surface area contributed by atoms with Crippen LogP contribution in [0.5, 0.6) is 0 Å². The van der Waals surface area contributed by atoms with E-state index in [2.05, 4.69) is 82.8 Å². The van der Waals surface area contributed by atoms with Crippen molar-refractivity contribution in [2.24, 2.45) is 0 Å². The summed E-state index contributed by atoms with van der Waals surface area (Å²) in [4.78, 5) is 9.84. The second kappa shape index (κ2) is 7.65. The van der Waals surface area contributed by atoms with Crippen molar-refractivity contribution in [2.75, 3.05) is 37.3 Å². The maximum absolute atomic E-state index is 4.60. The summed E-state index contributed by atoms with van der Waals surface area (Å²) in [7, 11) is 0. The number of rotatable bonds is 5. The van der Waals surface area contributed by atoms with Gasteiger partial charge in [-0.2, -0.15) is 0 Å². The van der Waals surface area contributed by atoms with Crippen LogP contribution >= 0.6 is 22.6 Å². The summed E-state index contributed by atoms with van der Waals surface area (Å²) >= 11 is 2.56. The SMILES string of the molecule is CC(C)(I)CN1CCN(C[I-]c2cn(C(C)(C)C)cn2)CC1. The first-order valence-corrected chi connectivity index (χ1v) is 11.6. The molecule has 1 aromatic heterocycles. The molecule has 0 saturated carbocycles. The minimum absolute atomic E-state index is 0.00590. The van der Waals surface area contributed by atoms with Crippen LogP contribution in [0.2, 0.25) is 0 Å². The quantitative estimate of drug-likeness (QED) is 0.296. The topological polar surface area (TPSA) is 24.3 Å². The van der Waals surface area contributed by atoms with Gasteiger partial charge in [0.1, 0.15) is 0 Å². The number of alkyl halides is 2. The van der Waals surface area contributed by atoms with E-state index < -0.39 is 0 Å². The van der Waals surface area contributed by atoms with E-state index in [0.29, 0.717) is 3.42 Å². The van der Waals surface area contributed by atoms with Crippen molar-refractivity contribution in [1.82, 2.24) is 19.4 Å². The molecule has 4 nitrogen and oxygen atoms in total. The molecule has 2 rings (SSSR count). The van der Waals surface area contributed by atoms with E-state index in [9.17, 15) is 0 Å². The molecule has 0 atom stereocenters. The van der Waals surface area contributed by atoms with Crippen LogP contribution < -0.4 is 21.2 Å². The van der Waals surface area contributed by atoms with Crippen LogP contribution in [0.15, 0.2) is 12.5 Å². The van der Waals surface area contributed by atoms with Gasteiger partial charge >= 0.3 is 160 Å². The van der Waals surface area contributed by atoms with Crippen LogP contribution in [0.3, 0.4) is 0 Å². The summed E-state index contributed by atoms with van der Waals surface area (Å²) in [5, 5.41) is 0. The molecule has 0 N–H and O–H groups in total. The fourth-order valence-corrected chi connectivity index (χ4v) is 5.29. The standard InChI is InChI=1S/C16H29I2N4/c1-15(2,3)22-10-14(19-13-22)18-12-21-8-6-20(7-9-21)11-16(4,5)17/h10,13H,6-9,11-12H2,1-5H3/q-1. The fraction of sp³-hybridized carbons (Fsp3) is 0.812. The Hall–Kier alpha value is 0.590. The fourth-order valence-electron chi connectivity index (χ4n) is 2.48. The molecule has 0 aromatic carbocycles. The molecular weight excluding hydrogens is 502 g/mol. The Balaban J connectivity index is 1.74. The zero-order valence-corrected chi connectivity index (χ0v) is 18.8. The number of nitrogens with zero attached hydrogens (tertiary/aromatic N) is 4. The number of imidazole rings is 1. The summed E-state index contributed by atoms with van der Waals surface area (Å²) in [5.41, 5.74) is 0.146. The van der Waals surface area contributed by atoms with Gasteiger partial charge in [0.05, 0.1) is 0 Å². The Morgan fingerprint density at radius 2 is 1.68 bits per heavy atom. The van der Waals surface area contributed by atoms with Crippen LogP contribution in [0.4, 0.5) is 0 Å². The first-order chi connectivity index (χ1) is 10.1. The molecule has 1 aliphatic heterocycles. The van der Waals surface area contributed by atoms with Crippen molar-refractivity contribution in [3.63, 3.8) is 0 Å². The van der Waals surface area contributed by atoms with E-state index in [4.69, 9.17) is 0 Å². The van der Waals surface area contributed by atoms with E-state index in [0.717, 1.165) is 0 Å². The summed E-state index contributed by atoms with van der Waals surface area (Å²) in [6, 6.07) is 0. The predicted molar refractivity (Wildman–Crippen MR) is 96.9 cm³/mol. The van der Waals surface area contributed by atoms with Crippen LogP contribution in [0, 0.1) is 3.70 Å². The van der Waals surface area contributed by atoms with Crippen molar-refractivity contribution < 1.29 is 21.2 Å². The van der Waals surface area contributed by atoms with Gasteiger partial charge in [0.2, 0.25) is 0 Å². The Morgan fingerprint density at radius 3 is 2.18 bits per heavy atom. The molecule has 0 unspecified atom stereocenters. The first kappa shape index (κ1) is 18.9. The molecule has 22 heavy (non-hydrogen) atoms. The van der Waals surface area contributed by atoms with E-state index in [1.807, 2.05) is 6.33 Å². The van der Waals surface area contributed by atoms with Gasteiger partial charge < -0.3 is 0 Å². The predicted octanol–water partition coefficient (Wildman–Crippen LogP) is -0.315. The van der Waals surface area contributed by atoms with Crippen LogP contribution in [0.1, 0.15) is 34.6 Å². The molecule has 0 amide bonds. The van der Waals surface area contributed by atoms with Gasteiger partial charge in [0.15, 0.2) is 0 Å². The molecule has 0 radical (unpaired) electrons. The van der Waals surface area contributed by atoms with Crippen LogP contribution in [-0.4, -0.2) is 60.0 Å². The Kier molecular flexibility index (Phi) is 6.58. The maximum atomic E-state index is 4.60. The van der Waals surface area contributed by atoms with Crippen LogP contribution in [-0.2, 0) is 5.54 Å². The van der Waals surface area contributed by atoms with E-state index in [1.54, 1.807) is 0 Å². The third-order valence-electron chi connectivity index (χ3n) is 3.76. The van der Waals surface area contributed by atoms with E-state index in [1.165, 1.54) is 41.0 Å².